The van der Waals surface area contributed by atoms with Crippen LogP contribution in [0, 0.1) is 0 Å². The van der Waals surface area contributed by atoms with E-state index in [0.717, 1.165) is 10.9 Å². The zero-order chi connectivity index (χ0) is 18.7. The van der Waals surface area contributed by atoms with Crippen LogP contribution in [0.2, 0.25) is 0 Å². The number of anilines is 1. The predicted molar refractivity (Wildman–Crippen MR) is 96.9 cm³/mol. The second-order valence-corrected chi connectivity index (χ2v) is 7.13. The molecule has 0 spiro atoms. The number of hydrogen-bond acceptors (Lipinski definition) is 5. The minimum atomic E-state index is -4.54. The molecular formula is C19H16NNaO5S. The Bertz CT molecular complexity index is 1050. The Hall–Kier alpha value is -1.90. The van der Waals surface area contributed by atoms with Gasteiger partial charge in [0, 0.05) is 12.7 Å². The minimum Gasteiger partial charge on any atom is -0.744 e. The summed E-state index contributed by atoms with van der Waals surface area (Å²) in [6.07, 6.45) is -0.541. The predicted octanol–water partition coefficient (Wildman–Crippen LogP) is 0.521. The van der Waals surface area contributed by atoms with Crippen molar-refractivity contribution < 1.29 is 52.1 Å². The molecule has 134 valence electrons. The first-order valence-electron chi connectivity index (χ1n) is 7.79. The van der Waals surface area contributed by atoms with Gasteiger partial charge in [-0.05, 0) is 40.6 Å². The summed E-state index contributed by atoms with van der Waals surface area (Å²) in [7, 11) is -2.98. The molecule has 0 fully saturated rings. The van der Waals surface area contributed by atoms with E-state index in [4.69, 9.17) is 4.74 Å². The number of carbonyl (C=O) groups excluding carboxylic acids is 1. The number of rotatable bonds is 4. The van der Waals surface area contributed by atoms with E-state index in [1.54, 1.807) is 31.3 Å². The maximum absolute atomic E-state index is 12.2. The Morgan fingerprint density at radius 3 is 2.33 bits per heavy atom. The molecule has 0 bridgehead atoms. The van der Waals surface area contributed by atoms with E-state index in [-0.39, 0.29) is 41.1 Å². The van der Waals surface area contributed by atoms with Crippen LogP contribution in [0.1, 0.15) is 5.56 Å². The summed E-state index contributed by atoms with van der Waals surface area (Å²) in [5, 5.41) is 1.30. The van der Waals surface area contributed by atoms with Crippen LogP contribution in [-0.2, 0) is 21.5 Å². The van der Waals surface area contributed by atoms with Gasteiger partial charge in [0.2, 0.25) is 0 Å². The molecule has 27 heavy (non-hydrogen) atoms. The quantitative estimate of drug-likeness (QED) is 0.477. The maximum atomic E-state index is 12.2. The summed E-state index contributed by atoms with van der Waals surface area (Å²) in [5.41, 5.74) is 1.40. The van der Waals surface area contributed by atoms with Gasteiger partial charge in [0.25, 0.3) is 0 Å². The molecule has 6 nitrogen and oxygen atoms in total. The molecule has 0 unspecified atom stereocenters. The molecular weight excluding hydrogens is 377 g/mol. The Morgan fingerprint density at radius 2 is 1.67 bits per heavy atom. The molecule has 0 aliphatic heterocycles. The first kappa shape index (κ1) is 21.4. The van der Waals surface area contributed by atoms with Crippen molar-refractivity contribution in [2.75, 3.05) is 11.9 Å². The topological polar surface area (TPSA) is 86.7 Å². The fraction of sp³-hybridized carbons (Fsp3) is 0.105. The molecule has 0 aliphatic rings. The summed E-state index contributed by atoms with van der Waals surface area (Å²) >= 11 is 0. The van der Waals surface area contributed by atoms with Gasteiger partial charge >= 0.3 is 35.7 Å². The molecule has 0 aromatic heterocycles. The van der Waals surface area contributed by atoms with Crippen LogP contribution >= 0.6 is 0 Å². The SMILES string of the molecule is CN(C(=O)OCc1ccccc1)c1ccc2ccc(S(=O)(=O)[O-])cc2c1.[Na+]. The van der Waals surface area contributed by atoms with Gasteiger partial charge in [-0.2, -0.15) is 0 Å². The summed E-state index contributed by atoms with van der Waals surface area (Å²) in [4.78, 5) is 13.2. The van der Waals surface area contributed by atoms with E-state index >= 15 is 0 Å². The first-order valence-corrected chi connectivity index (χ1v) is 9.19. The zero-order valence-electron chi connectivity index (χ0n) is 15.0. The van der Waals surface area contributed by atoms with Gasteiger partial charge in [-0.3, -0.25) is 4.90 Å². The van der Waals surface area contributed by atoms with Crippen LogP contribution in [0.4, 0.5) is 10.5 Å². The zero-order valence-corrected chi connectivity index (χ0v) is 17.8. The molecule has 0 atom stereocenters. The first-order chi connectivity index (χ1) is 12.3. The van der Waals surface area contributed by atoms with Crippen molar-refractivity contribution in [1.29, 1.82) is 0 Å². The number of fused-ring (bicyclic) bond motifs is 1. The van der Waals surface area contributed by atoms with Crippen molar-refractivity contribution in [3.05, 3.63) is 72.3 Å². The van der Waals surface area contributed by atoms with Crippen molar-refractivity contribution in [1.82, 2.24) is 0 Å². The Kier molecular flexibility index (Phi) is 7.02. The maximum Gasteiger partial charge on any atom is 1.00 e. The fourth-order valence-corrected chi connectivity index (χ4v) is 3.00. The molecule has 0 saturated carbocycles. The van der Waals surface area contributed by atoms with Gasteiger partial charge in [0.05, 0.1) is 4.90 Å². The largest absolute Gasteiger partial charge is 1.00 e. The van der Waals surface area contributed by atoms with Crippen LogP contribution in [0.15, 0.2) is 71.6 Å². The minimum absolute atomic E-state index is 0. The monoisotopic (exact) mass is 393 g/mol. The number of ether oxygens (including phenoxy) is 1. The molecule has 0 aliphatic carbocycles. The molecule has 3 aromatic rings. The van der Waals surface area contributed by atoms with E-state index in [1.807, 2.05) is 30.3 Å². The molecule has 0 heterocycles. The standard InChI is InChI=1S/C19H17NO5S.Na/c1-20(19(21)25-13-14-5-3-2-4-6-14)17-9-7-15-8-10-18(26(22,23)24)12-16(15)11-17;/h2-12H,13H2,1H3,(H,22,23,24);/q;+1/p-1. The summed E-state index contributed by atoms with van der Waals surface area (Å²) in [6.45, 7) is 0.149. The van der Waals surface area contributed by atoms with Crippen molar-refractivity contribution in [2.45, 2.75) is 11.5 Å². The number of carbonyl (C=O) groups is 1. The van der Waals surface area contributed by atoms with Crippen LogP contribution in [0.3, 0.4) is 0 Å². The van der Waals surface area contributed by atoms with Crippen molar-refractivity contribution in [2.24, 2.45) is 0 Å². The van der Waals surface area contributed by atoms with Gasteiger partial charge in [0.15, 0.2) is 0 Å². The molecule has 3 aromatic carbocycles. The molecule has 8 heteroatoms. The number of amides is 1. The summed E-state index contributed by atoms with van der Waals surface area (Å²) in [5.74, 6) is 0. The Morgan fingerprint density at radius 1 is 1.00 bits per heavy atom. The number of benzene rings is 3. The fourth-order valence-electron chi connectivity index (χ4n) is 2.50. The van der Waals surface area contributed by atoms with Crippen LogP contribution in [0.5, 0.6) is 0 Å². The van der Waals surface area contributed by atoms with Gasteiger partial charge in [-0.15, -0.1) is 0 Å². The Labute approximate surface area is 179 Å². The summed E-state index contributed by atoms with van der Waals surface area (Å²) < 4.78 is 38.8. The molecule has 0 radical (unpaired) electrons. The smallest absolute Gasteiger partial charge is 0.744 e. The Balaban J connectivity index is 0.00000261. The van der Waals surface area contributed by atoms with Gasteiger partial charge < -0.3 is 9.29 Å². The normalized spacial score (nSPS) is 10.9. The average Bonchev–Trinajstić information content (AvgIpc) is 2.64. The third-order valence-electron chi connectivity index (χ3n) is 3.95. The van der Waals surface area contributed by atoms with Crippen molar-refractivity contribution >= 4 is 32.7 Å². The average molecular weight is 393 g/mol. The second kappa shape index (κ2) is 8.86. The number of hydrogen-bond donors (Lipinski definition) is 0. The van der Waals surface area contributed by atoms with Gasteiger partial charge in [-0.25, -0.2) is 13.2 Å². The summed E-state index contributed by atoms with van der Waals surface area (Å²) in [6, 6.07) is 18.5. The van der Waals surface area contributed by atoms with E-state index in [9.17, 15) is 17.8 Å². The van der Waals surface area contributed by atoms with Crippen LogP contribution in [0.25, 0.3) is 10.8 Å². The molecule has 3 rings (SSSR count). The van der Waals surface area contributed by atoms with E-state index < -0.39 is 16.2 Å². The third-order valence-corrected chi connectivity index (χ3v) is 4.78. The van der Waals surface area contributed by atoms with Gasteiger partial charge in [0.1, 0.15) is 16.7 Å². The van der Waals surface area contributed by atoms with E-state index in [0.29, 0.717) is 11.1 Å². The second-order valence-electron chi connectivity index (χ2n) is 5.75. The van der Waals surface area contributed by atoms with Crippen LogP contribution in [-0.4, -0.2) is 26.1 Å². The van der Waals surface area contributed by atoms with Gasteiger partial charge in [-0.1, -0.05) is 42.5 Å². The molecule has 1 amide bonds. The molecule has 0 saturated heterocycles. The van der Waals surface area contributed by atoms with Crippen molar-refractivity contribution in [3.63, 3.8) is 0 Å². The third kappa shape index (κ3) is 5.31. The van der Waals surface area contributed by atoms with E-state index in [2.05, 4.69) is 0 Å². The van der Waals surface area contributed by atoms with E-state index in [1.165, 1.54) is 17.0 Å². The number of nitrogens with zero attached hydrogens (tertiary/aromatic N) is 1. The van der Waals surface area contributed by atoms with Crippen molar-refractivity contribution in [3.8, 4) is 0 Å². The molecule has 0 N–H and O–H groups in total. The van der Waals surface area contributed by atoms with Crippen LogP contribution < -0.4 is 34.5 Å².